The maximum atomic E-state index is 9.44. The Bertz CT molecular complexity index is 200. The Morgan fingerprint density at radius 1 is 1.62 bits per heavy atom. The van der Waals surface area contributed by atoms with Gasteiger partial charge in [-0.15, -0.1) is 0 Å². The molecule has 1 aliphatic heterocycles. The topological polar surface area (TPSA) is 50.5 Å². The predicted octanol–water partition coefficient (Wildman–Crippen LogP) is -0.493. The van der Waals surface area contributed by atoms with E-state index in [1.807, 2.05) is 19.0 Å². The van der Waals surface area contributed by atoms with Crippen molar-refractivity contribution in [3.63, 3.8) is 0 Å². The second-order valence-corrected chi connectivity index (χ2v) is 3.89. The summed E-state index contributed by atoms with van der Waals surface area (Å²) in [6, 6.07) is 2.47. The number of aliphatic hydroxyl groups is 1. The number of hydrogen-bond acceptors (Lipinski definition) is 4. The van der Waals surface area contributed by atoms with Crippen LogP contribution < -0.4 is 0 Å². The highest BCUT2D eigenvalue weighted by Gasteiger charge is 2.30. The molecule has 0 radical (unpaired) electrons. The van der Waals surface area contributed by atoms with Crippen molar-refractivity contribution in [1.82, 2.24) is 9.80 Å². The lowest BCUT2D eigenvalue weighted by atomic mass is 10.2. The first-order valence-corrected chi connectivity index (χ1v) is 4.57. The predicted molar refractivity (Wildman–Crippen MR) is 50.2 cm³/mol. The lowest BCUT2D eigenvalue weighted by molar-refractivity contribution is 0.179. The summed E-state index contributed by atoms with van der Waals surface area (Å²) >= 11 is 0. The molecule has 0 saturated carbocycles. The maximum Gasteiger partial charge on any atom is 0.0869 e. The largest absolute Gasteiger partial charge is 0.392 e. The minimum absolute atomic E-state index is 0.252. The van der Waals surface area contributed by atoms with E-state index in [0.29, 0.717) is 19.1 Å². The fraction of sp³-hybridized carbons (Fsp3) is 0.889. The van der Waals surface area contributed by atoms with Gasteiger partial charge in [0.15, 0.2) is 0 Å². The Morgan fingerprint density at radius 3 is 2.85 bits per heavy atom. The summed E-state index contributed by atoms with van der Waals surface area (Å²) in [6.07, 6.45) is 0.540. The molecule has 13 heavy (non-hydrogen) atoms. The SMILES string of the molecule is CN(C)CC1CC(O)CN1CC#N. The molecule has 4 heteroatoms. The lowest BCUT2D eigenvalue weighted by Gasteiger charge is -2.23. The van der Waals surface area contributed by atoms with Gasteiger partial charge in [-0.2, -0.15) is 5.26 Å². The average molecular weight is 183 g/mol. The van der Waals surface area contributed by atoms with Crippen LogP contribution in [0.1, 0.15) is 6.42 Å². The van der Waals surface area contributed by atoms with Crippen molar-refractivity contribution in [3.8, 4) is 6.07 Å². The van der Waals surface area contributed by atoms with E-state index in [-0.39, 0.29) is 6.10 Å². The highest BCUT2D eigenvalue weighted by Crippen LogP contribution is 2.17. The van der Waals surface area contributed by atoms with Crippen molar-refractivity contribution >= 4 is 0 Å². The molecule has 1 aliphatic rings. The summed E-state index contributed by atoms with van der Waals surface area (Å²) in [7, 11) is 4.02. The van der Waals surface area contributed by atoms with Crippen LogP contribution in [0, 0.1) is 11.3 Å². The van der Waals surface area contributed by atoms with Crippen LogP contribution in [-0.4, -0.2) is 60.8 Å². The average Bonchev–Trinajstić information content (AvgIpc) is 2.31. The molecular weight excluding hydrogens is 166 g/mol. The minimum Gasteiger partial charge on any atom is -0.392 e. The van der Waals surface area contributed by atoms with E-state index in [4.69, 9.17) is 5.26 Å². The summed E-state index contributed by atoms with van der Waals surface area (Å²) in [4.78, 5) is 4.14. The highest BCUT2D eigenvalue weighted by atomic mass is 16.3. The third kappa shape index (κ3) is 2.96. The molecule has 1 N–H and O–H groups in total. The number of hydrogen-bond donors (Lipinski definition) is 1. The van der Waals surface area contributed by atoms with Gasteiger partial charge in [0.1, 0.15) is 0 Å². The van der Waals surface area contributed by atoms with Gasteiger partial charge in [-0.3, -0.25) is 4.90 Å². The van der Waals surface area contributed by atoms with Gasteiger partial charge in [0.25, 0.3) is 0 Å². The maximum absolute atomic E-state index is 9.44. The number of rotatable bonds is 3. The summed E-state index contributed by atoms with van der Waals surface area (Å²) in [5, 5.41) is 18.0. The van der Waals surface area contributed by atoms with Crippen LogP contribution in [0.3, 0.4) is 0 Å². The molecule has 0 aromatic carbocycles. The van der Waals surface area contributed by atoms with Crippen LogP contribution in [-0.2, 0) is 0 Å². The Kier molecular flexibility index (Phi) is 3.67. The van der Waals surface area contributed by atoms with Gasteiger partial charge < -0.3 is 10.0 Å². The molecule has 74 valence electrons. The van der Waals surface area contributed by atoms with Gasteiger partial charge >= 0.3 is 0 Å². The van der Waals surface area contributed by atoms with Crippen molar-refractivity contribution in [2.45, 2.75) is 18.6 Å². The normalized spacial score (nSPS) is 29.5. The van der Waals surface area contributed by atoms with Crippen LogP contribution in [0.2, 0.25) is 0 Å². The minimum atomic E-state index is -0.252. The van der Waals surface area contributed by atoms with Gasteiger partial charge in [0.2, 0.25) is 0 Å². The summed E-state index contributed by atoms with van der Waals surface area (Å²) < 4.78 is 0. The summed E-state index contributed by atoms with van der Waals surface area (Å²) in [5.41, 5.74) is 0. The van der Waals surface area contributed by atoms with E-state index >= 15 is 0 Å². The van der Waals surface area contributed by atoms with Crippen LogP contribution in [0.5, 0.6) is 0 Å². The van der Waals surface area contributed by atoms with Gasteiger partial charge in [0, 0.05) is 19.1 Å². The Morgan fingerprint density at radius 2 is 2.31 bits per heavy atom. The summed E-state index contributed by atoms with van der Waals surface area (Å²) in [5.74, 6) is 0. The molecule has 1 heterocycles. The molecule has 0 aliphatic carbocycles. The van der Waals surface area contributed by atoms with E-state index in [0.717, 1.165) is 13.0 Å². The quantitative estimate of drug-likeness (QED) is 0.600. The third-order valence-electron chi connectivity index (χ3n) is 2.36. The van der Waals surface area contributed by atoms with Crippen molar-refractivity contribution in [3.05, 3.63) is 0 Å². The number of likely N-dealkylation sites (tertiary alicyclic amines) is 1. The zero-order chi connectivity index (χ0) is 9.84. The number of likely N-dealkylation sites (N-methyl/N-ethyl adjacent to an activating group) is 1. The van der Waals surface area contributed by atoms with Crippen molar-refractivity contribution in [1.29, 1.82) is 5.26 Å². The van der Waals surface area contributed by atoms with Crippen LogP contribution in [0.4, 0.5) is 0 Å². The zero-order valence-corrected chi connectivity index (χ0v) is 8.27. The molecule has 0 aromatic rings. The van der Waals surface area contributed by atoms with Crippen molar-refractivity contribution in [2.24, 2.45) is 0 Å². The van der Waals surface area contributed by atoms with E-state index in [9.17, 15) is 5.11 Å². The molecule has 4 nitrogen and oxygen atoms in total. The monoisotopic (exact) mass is 183 g/mol. The fourth-order valence-electron chi connectivity index (χ4n) is 1.85. The smallest absolute Gasteiger partial charge is 0.0869 e. The van der Waals surface area contributed by atoms with E-state index in [1.165, 1.54) is 0 Å². The second-order valence-electron chi connectivity index (χ2n) is 3.89. The molecule has 1 saturated heterocycles. The fourth-order valence-corrected chi connectivity index (χ4v) is 1.85. The van der Waals surface area contributed by atoms with Crippen LogP contribution in [0.15, 0.2) is 0 Å². The van der Waals surface area contributed by atoms with Gasteiger partial charge in [-0.25, -0.2) is 0 Å². The first kappa shape index (κ1) is 10.5. The third-order valence-corrected chi connectivity index (χ3v) is 2.36. The van der Waals surface area contributed by atoms with Crippen LogP contribution >= 0.6 is 0 Å². The van der Waals surface area contributed by atoms with Crippen molar-refractivity contribution in [2.75, 3.05) is 33.7 Å². The highest BCUT2D eigenvalue weighted by molar-refractivity contribution is 4.91. The first-order valence-electron chi connectivity index (χ1n) is 4.57. The molecule has 0 amide bonds. The van der Waals surface area contributed by atoms with Gasteiger partial charge in [-0.05, 0) is 20.5 Å². The summed E-state index contributed by atoms with van der Waals surface area (Å²) in [6.45, 7) is 1.99. The standard InChI is InChI=1S/C9H17N3O/c1-11(2)6-8-5-9(13)7-12(8)4-3-10/h8-9,13H,4-7H2,1-2H3. The van der Waals surface area contributed by atoms with Crippen molar-refractivity contribution < 1.29 is 5.11 Å². The molecule has 2 atom stereocenters. The van der Waals surface area contributed by atoms with Crippen LogP contribution in [0.25, 0.3) is 0 Å². The number of β-amino-alcohol motifs (C(OH)–C–C–N with tert-alkyl or cyclic N) is 1. The van der Waals surface area contributed by atoms with Gasteiger partial charge in [0.05, 0.1) is 18.7 Å². The Labute approximate surface area is 79.4 Å². The first-order chi connectivity index (χ1) is 6.13. The number of nitrogens with zero attached hydrogens (tertiary/aromatic N) is 3. The zero-order valence-electron chi connectivity index (χ0n) is 8.27. The molecule has 2 unspecified atom stereocenters. The van der Waals surface area contributed by atoms with E-state index < -0.39 is 0 Å². The number of aliphatic hydroxyl groups excluding tert-OH is 1. The van der Waals surface area contributed by atoms with E-state index in [2.05, 4.69) is 11.0 Å². The Hall–Kier alpha value is -0.630. The molecule has 0 bridgehead atoms. The molecule has 1 rings (SSSR count). The lowest BCUT2D eigenvalue weighted by Crippen LogP contribution is -2.37. The Balaban J connectivity index is 2.46. The van der Waals surface area contributed by atoms with E-state index in [1.54, 1.807) is 0 Å². The second kappa shape index (κ2) is 4.56. The molecular formula is C9H17N3O. The molecule has 0 aromatic heterocycles. The molecule has 0 spiro atoms. The van der Waals surface area contributed by atoms with Gasteiger partial charge in [-0.1, -0.05) is 0 Å². The number of nitriles is 1. The molecule has 1 fully saturated rings.